The molecule has 0 spiro atoms. The molecule has 4 aliphatic rings. The lowest BCUT2D eigenvalue weighted by atomic mass is 9.86. The van der Waals surface area contributed by atoms with Gasteiger partial charge in [0, 0.05) is 67.3 Å². The van der Waals surface area contributed by atoms with Crippen LogP contribution in [0.4, 0.5) is 0 Å². The van der Waals surface area contributed by atoms with Crippen LogP contribution in [-0.4, -0.2) is 67.1 Å². The van der Waals surface area contributed by atoms with Crippen LogP contribution in [0.25, 0.3) is 0 Å². The summed E-state index contributed by atoms with van der Waals surface area (Å²) >= 11 is 13.4. The molecule has 5 heteroatoms. The van der Waals surface area contributed by atoms with Crippen molar-refractivity contribution in [3.63, 3.8) is 0 Å². The minimum Gasteiger partial charge on any atom is -0.305 e. The molecule has 3 aliphatic heterocycles. The highest BCUT2D eigenvalue weighted by atomic mass is 35.5. The van der Waals surface area contributed by atoms with Crippen molar-refractivity contribution in [1.29, 1.82) is 0 Å². The van der Waals surface area contributed by atoms with E-state index in [1.165, 1.54) is 72.5 Å². The smallest absolute Gasteiger partial charge is 0.0441 e. The third-order valence-electron chi connectivity index (χ3n) is 9.38. The predicted octanol–water partition coefficient (Wildman–Crippen LogP) is 5.48. The number of rotatable bonds is 5. The van der Waals surface area contributed by atoms with Gasteiger partial charge in [-0.1, -0.05) is 35.3 Å². The van der Waals surface area contributed by atoms with E-state index in [4.69, 9.17) is 23.2 Å². The minimum absolute atomic E-state index is 0.363. The van der Waals surface area contributed by atoms with Gasteiger partial charge in [0.1, 0.15) is 0 Å². The number of likely N-dealkylation sites (N-methyl/N-ethyl adjacent to an activating group) is 1. The molecule has 1 saturated carbocycles. The molecule has 5 unspecified atom stereocenters. The van der Waals surface area contributed by atoms with E-state index in [-0.39, 0.29) is 0 Å². The molecule has 3 saturated heterocycles. The summed E-state index contributed by atoms with van der Waals surface area (Å²) in [4.78, 5) is 7.89. The SMILES string of the molecule is Cc1cc(Cl)c(C)c(CN2CCN3CC(Cc4cc(Cl)c(C)c(C56CC5CN(C)C6)c4)C2C3)c1. The number of halogens is 2. The fourth-order valence-electron chi connectivity index (χ4n) is 7.46. The molecule has 2 aromatic carbocycles. The van der Waals surface area contributed by atoms with Crippen molar-refractivity contribution in [2.45, 2.75) is 51.6 Å². The standard InChI is InChI=1S/C29H37Cl2N3/c1-18-7-22(19(2)26(30)8-18)14-34-6-5-33-13-23(28(34)16-33)9-21-10-25(20(3)27(31)11-21)29-12-24(29)15-32(4)17-29/h7-8,10-11,23-24,28H,5-6,9,12-17H2,1-4H3. The van der Waals surface area contributed by atoms with Crippen LogP contribution in [-0.2, 0) is 18.4 Å². The van der Waals surface area contributed by atoms with Gasteiger partial charge in [0.15, 0.2) is 0 Å². The van der Waals surface area contributed by atoms with Crippen LogP contribution >= 0.6 is 23.2 Å². The number of piperazine rings is 1. The molecule has 3 nitrogen and oxygen atoms in total. The Morgan fingerprint density at radius 3 is 2.50 bits per heavy atom. The van der Waals surface area contributed by atoms with Gasteiger partial charge < -0.3 is 9.80 Å². The van der Waals surface area contributed by atoms with Crippen molar-refractivity contribution in [3.05, 3.63) is 67.7 Å². The number of nitrogens with zero attached hydrogens (tertiary/aromatic N) is 3. The first kappa shape index (κ1) is 23.3. The molecule has 182 valence electrons. The van der Waals surface area contributed by atoms with Gasteiger partial charge in [0.2, 0.25) is 0 Å². The zero-order valence-corrected chi connectivity index (χ0v) is 22.5. The van der Waals surface area contributed by atoms with Crippen LogP contribution in [0.3, 0.4) is 0 Å². The molecular formula is C29H37Cl2N3. The maximum absolute atomic E-state index is 6.85. The second-order valence-electron chi connectivity index (χ2n) is 11.8. The quantitative estimate of drug-likeness (QED) is 0.541. The van der Waals surface area contributed by atoms with Crippen molar-refractivity contribution in [2.24, 2.45) is 11.8 Å². The van der Waals surface area contributed by atoms with Crippen molar-refractivity contribution >= 4 is 23.2 Å². The highest BCUT2D eigenvalue weighted by Crippen LogP contribution is 2.60. The third-order valence-corrected chi connectivity index (χ3v) is 10.2. The fourth-order valence-corrected chi connectivity index (χ4v) is 8.00. The minimum atomic E-state index is 0.363. The van der Waals surface area contributed by atoms with Gasteiger partial charge >= 0.3 is 0 Å². The lowest BCUT2D eigenvalue weighted by molar-refractivity contribution is 0.116. The summed E-state index contributed by atoms with van der Waals surface area (Å²) < 4.78 is 0. The Labute approximate surface area is 215 Å². The van der Waals surface area contributed by atoms with Crippen LogP contribution in [0, 0.1) is 32.6 Å². The van der Waals surface area contributed by atoms with Gasteiger partial charge in [-0.15, -0.1) is 0 Å². The average Bonchev–Trinajstić information content (AvgIpc) is 3.20. The van der Waals surface area contributed by atoms with Gasteiger partial charge in [-0.2, -0.15) is 0 Å². The van der Waals surface area contributed by atoms with E-state index in [0.29, 0.717) is 17.4 Å². The Kier molecular flexibility index (Phi) is 5.82. The number of fused-ring (bicyclic) bond motifs is 3. The summed E-state index contributed by atoms with van der Waals surface area (Å²) in [6, 6.07) is 9.81. The monoisotopic (exact) mass is 497 g/mol. The predicted molar refractivity (Wildman–Crippen MR) is 142 cm³/mol. The molecule has 2 aromatic rings. The van der Waals surface area contributed by atoms with Crippen molar-refractivity contribution in [2.75, 3.05) is 46.3 Å². The lowest BCUT2D eigenvalue weighted by Gasteiger charge is -2.36. The second-order valence-corrected chi connectivity index (χ2v) is 12.6. The van der Waals surface area contributed by atoms with E-state index in [1.54, 1.807) is 0 Å². The summed E-state index contributed by atoms with van der Waals surface area (Å²) in [5.41, 5.74) is 8.52. The van der Waals surface area contributed by atoms with Gasteiger partial charge in [0.25, 0.3) is 0 Å². The summed E-state index contributed by atoms with van der Waals surface area (Å²) in [6.07, 6.45) is 2.46. The first-order valence-corrected chi connectivity index (χ1v) is 13.7. The summed E-state index contributed by atoms with van der Waals surface area (Å²) in [5, 5.41) is 1.86. The summed E-state index contributed by atoms with van der Waals surface area (Å²) in [6.45, 7) is 14.7. The van der Waals surface area contributed by atoms with E-state index in [9.17, 15) is 0 Å². The Bertz CT molecular complexity index is 1130. The number of aryl methyl sites for hydroxylation is 1. The van der Waals surface area contributed by atoms with Crippen molar-refractivity contribution < 1.29 is 0 Å². The number of hydrogen-bond donors (Lipinski definition) is 0. The number of likely N-dealkylation sites (tertiary alicyclic amines) is 1. The normalized spacial score (nSPS) is 32.9. The van der Waals surface area contributed by atoms with Crippen LogP contribution < -0.4 is 0 Å². The molecule has 0 radical (unpaired) electrons. The molecule has 0 amide bonds. The van der Waals surface area contributed by atoms with E-state index in [1.807, 2.05) is 0 Å². The van der Waals surface area contributed by atoms with Crippen LogP contribution in [0.5, 0.6) is 0 Å². The zero-order valence-electron chi connectivity index (χ0n) is 21.0. The van der Waals surface area contributed by atoms with Gasteiger partial charge in [-0.05, 0) is 98.0 Å². The lowest BCUT2D eigenvalue weighted by Crippen LogP contribution is -2.47. The molecule has 0 aromatic heterocycles. The molecule has 0 N–H and O–H groups in total. The zero-order chi connectivity index (χ0) is 23.8. The number of benzene rings is 2. The van der Waals surface area contributed by atoms with Gasteiger partial charge in [-0.3, -0.25) is 4.90 Å². The second kappa shape index (κ2) is 8.49. The van der Waals surface area contributed by atoms with Crippen LogP contribution in [0.1, 0.15) is 39.8 Å². The molecule has 34 heavy (non-hydrogen) atoms. The van der Waals surface area contributed by atoms with Gasteiger partial charge in [-0.25, -0.2) is 0 Å². The summed E-state index contributed by atoms with van der Waals surface area (Å²) in [7, 11) is 2.26. The van der Waals surface area contributed by atoms with Gasteiger partial charge in [0.05, 0.1) is 0 Å². The first-order valence-electron chi connectivity index (χ1n) is 12.9. The molecule has 6 rings (SSSR count). The van der Waals surface area contributed by atoms with E-state index in [2.05, 4.69) is 66.8 Å². The van der Waals surface area contributed by atoms with Crippen LogP contribution in [0.2, 0.25) is 10.0 Å². The number of hydrogen-bond acceptors (Lipinski definition) is 3. The Balaban J connectivity index is 1.24. The molecule has 3 heterocycles. The first-order chi connectivity index (χ1) is 16.2. The molecule has 2 bridgehead atoms. The van der Waals surface area contributed by atoms with E-state index >= 15 is 0 Å². The Morgan fingerprint density at radius 1 is 0.941 bits per heavy atom. The molecule has 5 atom stereocenters. The molecule has 1 aliphatic carbocycles. The maximum Gasteiger partial charge on any atom is 0.0441 e. The van der Waals surface area contributed by atoms with Crippen molar-refractivity contribution in [1.82, 2.24) is 14.7 Å². The highest BCUT2D eigenvalue weighted by molar-refractivity contribution is 6.31. The fraction of sp³-hybridized carbons (Fsp3) is 0.586. The topological polar surface area (TPSA) is 9.72 Å². The van der Waals surface area contributed by atoms with Crippen LogP contribution in [0.15, 0.2) is 24.3 Å². The average molecular weight is 499 g/mol. The van der Waals surface area contributed by atoms with E-state index < -0.39 is 0 Å². The largest absolute Gasteiger partial charge is 0.305 e. The molecule has 4 fully saturated rings. The third kappa shape index (κ3) is 3.92. The summed E-state index contributed by atoms with van der Waals surface area (Å²) in [5.74, 6) is 1.47. The van der Waals surface area contributed by atoms with Crippen molar-refractivity contribution in [3.8, 4) is 0 Å². The number of piperidine rings is 1. The highest BCUT2D eigenvalue weighted by Gasteiger charge is 2.60. The maximum atomic E-state index is 6.85. The Morgan fingerprint density at radius 2 is 1.74 bits per heavy atom. The molecular weight excluding hydrogens is 461 g/mol. The Hall–Kier alpha value is -1.10. The van der Waals surface area contributed by atoms with E-state index in [0.717, 1.165) is 35.5 Å².